The van der Waals surface area contributed by atoms with Gasteiger partial charge < -0.3 is 19.5 Å². The van der Waals surface area contributed by atoms with Crippen LogP contribution >= 0.6 is 11.6 Å². The molecule has 1 fully saturated rings. The first-order valence-corrected chi connectivity index (χ1v) is 15.4. The van der Waals surface area contributed by atoms with E-state index in [0.29, 0.717) is 78.3 Å². The highest BCUT2D eigenvalue weighted by Gasteiger charge is 2.35. The van der Waals surface area contributed by atoms with Gasteiger partial charge in [0.25, 0.3) is 5.91 Å². The van der Waals surface area contributed by atoms with E-state index in [4.69, 9.17) is 26.1 Å². The van der Waals surface area contributed by atoms with Gasteiger partial charge in [-0.25, -0.2) is 9.67 Å². The molecule has 10 nitrogen and oxygen atoms in total. The third kappa shape index (κ3) is 5.99. The van der Waals surface area contributed by atoms with Crippen LogP contribution in [0.3, 0.4) is 0 Å². The maximum Gasteiger partial charge on any atom is 0.257 e. The number of benzene rings is 2. The minimum Gasteiger partial charge on any atom is -0.460 e. The Kier molecular flexibility index (Phi) is 8.52. The molecular formula is C33H35ClN6O4. The fraction of sp³-hybridized carbons (Fsp3) is 0.364. The van der Waals surface area contributed by atoms with Crippen LogP contribution in [-0.2, 0) is 16.1 Å². The third-order valence-corrected chi connectivity index (χ3v) is 8.66. The minimum absolute atomic E-state index is 0.0743. The van der Waals surface area contributed by atoms with E-state index in [2.05, 4.69) is 5.32 Å². The highest BCUT2D eigenvalue weighted by Crippen LogP contribution is 2.32. The molecule has 3 amide bonds. The molecule has 0 radical (unpaired) electrons. The second-order valence-corrected chi connectivity index (χ2v) is 11.7. The molecule has 2 atom stereocenters. The molecular weight excluding hydrogens is 580 g/mol. The first kappa shape index (κ1) is 29.6. The Bertz CT molecular complexity index is 1680. The van der Waals surface area contributed by atoms with Gasteiger partial charge in [0.05, 0.1) is 23.2 Å². The second kappa shape index (κ2) is 12.7. The lowest BCUT2D eigenvalue weighted by Gasteiger charge is -2.28. The summed E-state index contributed by atoms with van der Waals surface area (Å²) >= 11 is 6.41. The van der Waals surface area contributed by atoms with E-state index >= 15 is 0 Å². The van der Waals surface area contributed by atoms with Gasteiger partial charge in [-0.05, 0) is 51.3 Å². The minimum atomic E-state index is -0.521. The van der Waals surface area contributed by atoms with Crippen LogP contribution in [0.15, 0.2) is 65.1 Å². The molecule has 0 unspecified atom stereocenters. The number of hydrogen-bond donors (Lipinski definition) is 1. The van der Waals surface area contributed by atoms with Crippen molar-refractivity contribution in [3.63, 3.8) is 0 Å². The summed E-state index contributed by atoms with van der Waals surface area (Å²) in [7, 11) is 0. The van der Waals surface area contributed by atoms with Crippen LogP contribution in [0.1, 0.15) is 60.6 Å². The zero-order chi connectivity index (χ0) is 30.8. The molecule has 2 aromatic carbocycles. The highest BCUT2D eigenvalue weighted by molar-refractivity contribution is 6.33. The molecule has 0 aliphatic carbocycles. The summed E-state index contributed by atoms with van der Waals surface area (Å²) < 4.78 is 7.77. The van der Waals surface area contributed by atoms with E-state index in [-0.39, 0.29) is 24.1 Å². The lowest BCUT2D eigenvalue weighted by atomic mass is 10.1. The summed E-state index contributed by atoms with van der Waals surface area (Å²) in [6.45, 7) is 5.19. The van der Waals surface area contributed by atoms with Gasteiger partial charge in [0.1, 0.15) is 23.4 Å². The van der Waals surface area contributed by atoms with Gasteiger partial charge in [0.15, 0.2) is 5.82 Å². The predicted octanol–water partition coefficient (Wildman–Crippen LogP) is 5.27. The van der Waals surface area contributed by atoms with E-state index < -0.39 is 12.1 Å². The van der Waals surface area contributed by atoms with Crippen molar-refractivity contribution >= 4 is 29.3 Å². The molecule has 0 saturated carbocycles. The number of nitrogens with one attached hydrogen (secondary N) is 1. The topological polar surface area (TPSA) is 114 Å². The van der Waals surface area contributed by atoms with Crippen LogP contribution in [0.4, 0.5) is 0 Å². The Morgan fingerprint density at radius 1 is 1.00 bits per heavy atom. The van der Waals surface area contributed by atoms with Gasteiger partial charge in [-0.2, -0.15) is 5.10 Å². The quantitative estimate of drug-likeness (QED) is 0.336. The Hall–Kier alpha value is -4.44. The van der Waals surface area contributed by atoms with Crippen LogP contribution in [-0.4, -0.2) is 68.0 Å². The summed E-state index contributed by atoms with van der Waals surface area (Å²) in [5.41, 5.74) is 2.00. The molecule has 228 valence electrons. The zero-order valence-corrected chi connectivity index (χ0v) is 25.6. The average molecular weight is 615 g/mol. The summed E-state index contributed by atoms with van der Waals surface area (Å²) in [4.78, 5) is 48.8. The molecule has 11 heteroatoms. The molecule has 1 N–H and O–H groups in total. The molecule has 44 heavy (non-hydrogen) atoms. The molecule has 6 rings (SSSR count). The Morgan fingerprint density at radius 2 is 1.77 bits per heavy atom. The molecule has 2 aromatic heterocycles. The van der Waals surface area contributed by atoms with Crippen molar-refractivity contribution in [2.24, 2.45) is 0 Å². The van der Waals surface area contributed by atoms with Crippen molar-refractivity contribution in [1.29, 1.82) is 0 Å². The van der Waals surface area contributed by atoms with E-state index in [9.17, 15) is 14.4 Å². The normalized spacial score (nSPS) is 19.7. The number of nitrogens with zero attached hydrogens (tertiary/aromatic N) is 5. The van der Waals surface area contributed by atoms with Crippen LogP contribution in [0.2, 0.25) is 5.02 Å². The first-order chi connectivity index (χ1) is 21.3. The maximum absolute atomic E-state index is 14.0. The number of fused-ring (bicyclic) bond motifs is 2. The Labute approximate surface area is 261 Å². The highest BCUT2D eigenvalue weighted by atomic mass is 35.5. The summed E-state index contributed by atoms with van der Waals surface area (Å²) in [6, 6.07) is 17.7. The number of amides is 3. The number of hydrogen-bond acceptors (Lipinski definition) is 6. The molecule has 0 bridgehead atoms. The molecule has 2 aliphatic rings. The number of carbonyl (C=O) groups is 3. The monoisotopic (exact) mass is 614 g/mol. The van der Waals surface area contributed by atoms with Crippen LogP contribution in [0.25, 0.3) is 22.7 Å². The predicted molar refractivity (Wildman–Crippen MR) is 166 cm³/mol. The smallest absolute Gasteiger partial charge is 0.257 e. The number of halogens is 1. The molecule has 1 saturated heterocycles. The van der Waals surface area contributed by atoms with Crippen LogP contribution in [0, 0.1) is 6.92 Å². The number of rotatable bonds is 3. The largest absolute Gasteiger partial charge is 0.460 e. The van der Waals surface area contributed by atoms with Crippen LogP contribution < -0.4 is 5.32 Å². The van der Waals surface area contributed by atoms with Gasteiger partial charge in [-0.1, -0.05) is 54.1 Å². The summed E-state index contributed by atoms with van der Waals surface area (Å²) in [5, 5.41) is 8.41. The van der Waals surface area contributed by atoms with Crippen molar-refractivity contribution < 1.29 is 18.8 Å². The van der Waals surface area contributed by atoms with Gasteiger partial charge in [-0.3, -0.25) is 14.4 Å². The fourth-order valence-corrected chi connectivity index (χ4v) is 6.24. The number of aryl methyl sites for hydroxylation is 1. The van der Waals surface area contributed by atoms with Crippen molar-refractivity contribution in [2.75, 3.05) is 19.6 Å². The van der Waals surface area contributed by atoms with E-state index in [1.165, 1.54) is 0 Å². The van der Waals surface area contributed by atoms with Crippen molar-refractivity contribution in [3.05, 3.63) is 82.8 Å². The number of furan rings is 1. The summed E-state index contributed by atoms with van der Waals surface area (Å²) in [5.74, 6) is 1.67. The van der Waals surface area contributed by atoms with E-state index in [1.54, 1.807) is 33.5 Å². The van der Waals surface area contributed by atoms with Gasteiger partial charge in [-0.15, -0.1) is 0 Å². The molecule has 0 spiro atoms. The van der Waals surface area contributed by atoms with Crippen molar-refractivity contribution in [1.82, 2.24) is 29.9 Å². The Morgan fingerprint density at radius 3 is 2.57 bits per heavy atom. The lowest BCUT2D eigenvalue weighted by molar-refractivity contribution is -0.138. The summed E-state index contributed by atoms with van der Waals surface area (Å²) in [6.07, 6.45) is 2.08. The number of carbonyl (C=O) groups excluding carboxylic acids is 3. The average Bonchev–Trinajstić information content (AvgIpc) is 3.77. The first-order valence-electron chi connectivity index (χ1n) is 15.0. The van der Waals surface area contributed by atoms with E-state index in [1.807, 2.05) is 55.5 Å². The lowest BCUT2D eigenvalue weighted by Crippen LogP contribution is -2.47. The standard InChI is InChI=1S/C33H35ClN6O4/c1-21-31-36-30(23-10-4-3-5-11-23)37-40(31)19-18-38(16-9-15-29(41)39-17-8-14-27(39)32(42)35-21)33(43)25-20-28(44-22(25)2)24-12-6-7-13-26(24)34/h3-7,10-13,20-21,27H,8-9,14-19H2,1-2H3,(H,35,42)/t21-,27-/m0/s1. The third-order valence-electron chi connectivity index (χ3n) is 8.33. The van der Waals surface area contributed by atoms with Crippen molar-refractivity contribution in [3.8, 4) is 22.7 Å². The zero-order valence-electron chi connectivity index (χ0n) is 24.8. The Balaban J connectivity index is 1.33. The number of aromatic nitrogens is 3. The second-order valence-electron chi connectivity index (χ2n) is 11.3. The molecule has 4 heterocycles. The van der Waals surface area contributed by atoms with Crippen LogP contribution in [0.5, 0.6) is 0 Å². The fourth-order valence-electron chi connectivity index (χ4n) is 6.01. The van der Waals surface area contributed by atoms with E-state index in [0.717, 1.165) is 12.0 Å². The SMILES string of the molecule is Cc1oc(-c2ccccc2Cl)cc1C(=O)N1CCCC(=O)N2CCC[C@H]2C(=O)N[C@@H](C)c2nc(-c3ccccc3)nn2CC1. The van der Waals surface area contributed by atoms with Gasteiger partial charge >= 0.3 is 0 Å². The van der Waals surface area contributed by atoms with Gasteiger partial charge in [0, 0.05) is 37.2 Å². The van der Waals surface area contributed by atoms with Crippen molar-refractivity contribution in [2.45, 2.75) is 58.2 Å². The molecule has 4 aromatic rings. The van der Waals surface area contributed by atoms with Gasteiger partial charge in [0.2, 0.25) is 11.8 Å². The molecule has 2 aliphatic heterocycles. The maximum atomic E-state index is 14.0.